The van der Waals surface area contributed by atoms with E-state index < -0.39 is 0 Å². The van der Waals surface area contributed by atoms with Gasteiger partial charge >= 0.3 is 0 Å². The standard InChI is InChI=1S/C24H26Cl2N6O2/c1-3-30(4-2)14-15-32-21-11-6-5-10-19(21)27-24(32)28-23(33)20-12-13-31(29-20)16-34-22-17(25)8-7-9-18(22)26/h5-13H,3-4,14-16H2,1-2H3,(H,27,28,33). The minimum absolute atomic E-state index is 0.0547. The van der Waals surface area contributed by atoms with Crippen LogP contribution < -0.4 is 10.1 Å². The quantitative estimate of drug-likeness (QED) is 0.325. The van der Waals surface area contributed by atoms with Crippen molar-refractivity contribution in [2.24, 2.45) is 0 Å². The molecule has 2 aromatic heterocycles. The molecule has 0 unspecified atom stereocenters. The lowest BCUT2D eigenvalue weighted by Crippen LogP contribution is -2.27. The lowest BCUT2D eigenvalue weighted by molar-refractivity contribution is 0.101. The molecule has 34 heavy (non-hydrogen) atoms. The van der Waals surface area contributed by atoms with Crippen molar-refractivity contribution >= 4 is 46.1 Å². The van der Waals surface area contributed by atoms with Gasteiger partial charge in [-0.05, 0) is 43.4 Å². The molecule has 1 N–H and O–H groups in total. The van der Waals surface area contributed by atoms with E-state index in [1.54, 1.807) is 30.5 Å². The number of carbonyl (C=O) groups is 1. The second-order valence-electron chi connectivity index (χ2n) is 7.62. The molecule has 0 aliphatic rings. The Balaban J connectivity index is 1.48. The van der Waals surface area contributed by atoms with Gasteiger partial charge in [0.1, 0.15) is 0 Å². The van der Waals surface area contributed by atoms with E-state index in [1.807, 2.05) is 28.8 Å². The third-order valence-corrected chi connectivity index (χ3v) is 6.14. The zero-order valence-corrected chi connectivity index (χ0v) is 20.6. The second kappa shape index (κ2) is 10.9. The van der Waals surface area contributed by atoms with Gasteiger partial charge in [-0.15, -0.1) is 0 Å². The largest absolute Gasteiger partial charge is 0.468 e. The number of para-hydroxylation sites is 3. The maximum absolute atomic E-state index is 13.0. The highest BCUT2D eigenvalue weighted by molar-refractivity contribution is 6.37. The van der Waals surface area contributed by atoms with E-state index in [9.17, 15) is 4.79 Å². The number of anilines is 1. The summed E-state index contributed by atoms with van der Waals surface area (Å²) in [5.41, 5.74) is 2.05. The Morgan fingerprint density at radius 3 is 2.53 bits per heavy atom. The fourth-order valence-electron chi connectivity index (χ4n) is 3.65. The fourth-order valence-corrected chi connectivity index (χ4v) is 4.16. The van der Waals surface area contributed by atoms with E-state index in [1.165, 1.54) is 4.68 Å². The van der Waals surface area contributed by atoms with Gasteiger partial charge < -0.3 is 14.2 Å². The summed E-state index contributed by atoms with van der Waals surface area (Å²) in [5.74, 6) is 0.509. The number of rotatable bonds is 10. The van der Waals surface area contributed by atoms with Crippen molar-refractivity contribution in [1.82, 2.24) is 24.2 Å². The van der Waals surface area contributed by atoms with Crippen LogP contribution in [-0.2, 0) is 13.3 Å². The topological polar surface area (TPSA) is 77.2 Å². The van der Waals surface area contributed by atoms with Crippen LogP contribution in [0.15, 0.2) is 54.7 Å². The van der Waals surface area contributed by atoms with E-state index in [2.05, 4.69) is 34.1 Å². The van der Waals surface area contributed by atoms with Crippen molar-refractivity contribution < 1.29 is 9.53 Å². The molecule has 0 aliphatic carbocycles. The number of aromatic nitrogens is 4. The molecule has 2 heterocycles. The molecular weight excluding hydrogens is 475 g/mol. The fraction of sp³-hybridized carbons (Fsp3) is 0.292. The molecular formula is C24H26Cl2N6O2. The third-order valence-electron chi connectivity index (χ3n) is 5.55. The lowest BCUT2D eigenvalue weighted by atomic mass is 10.3. The Morgan fingerprint density at radius 2 is 1.79 bits per heavy atom. The Labute approximate surface area is 208 Å². The van der Waals surface area contributed by atoms with E-state index in [4.69, 9.17) is 27.9 Å². The molecule has 0 atom stereocenters. The molecule has 4 rings (SSSR count). The number of hydrogen-bond donors (Lipinski definition) is 1. The van der Waals surface area contributed by atoms with Crippen LogP contribution in [0.3, 0.4) is 0 Å². The lowest BCUT2D eigenvalue weighted by Gasteiger charge is -2.19. The van der Waals surface area contributed by atoms with Gasteiger partial charge in [0.15, 0.2) is 18.2 Å². The summed E-state index contributed by atoms with van der Waals surface area (Å²) in [5, 5.41) is 8.04. The van der Waals surface area contributed by atoms with Crippen LogP contribution in [0.25, 0.3) is 11.0 Å². The number of carbonyl (C=O) groups excluding carboxylic acids is 1. The summed E-state index contributed by atoms with van der Waals surface area (Å²) in [6, 6.07) is 14.6. The van der Waals surface area contributed by atoms with Crippen LogP contribution in [-0.4, -0.2) is 49.8 Å². The number of halogens is 2. The Kier molecular flexibility index (Phi) is 7.72. The minimum atomic E-state index is -0.353. The van der Waals surface area contributed by atoms with Gasteiger partial charge in [0.05, 0.1) is 21.1 Å². The molecule has 2 aromatic carbocycles. The van der Waals surface area contributed by atoms with Crippen molar-refractivity contribution in [2.45, 2.75) is 27.1 Å². The Morgan fingerprint density at radius 1 is 1.06 bits per heavy atom. The predicted octanol–water partition coefficient (Wildman–Crippen LogP) is 5.17. The number of nitrogens with zero attached hydrogens (tertiary/aromatic N) is 5. The molecule has 0 bridgehead atoms. The summed E-state index contributed by atoms with van der Waals surface area (Å²) in [4.78, 5) is 19.9. The summed E-state index contributed by atoms with van der Waals surface area (Å²) < 4.78 is 9.21. The number of nitrogens with one attached hydrogen (secondary N) is 1. The van der Waals surface area contributed by atoms with Crippen LogP contribution >= 0.6 is 23.2 Å². The molecule has 8 nitrogen and oxygen atoms in total. The number of benzene rings is 2. The zero-order chi connectivity index (χ0) is 24.1. The van der Waals surface area contributed by atoms with Gasteiger partial charge in [0.25, 0.3) is 5.91 Å². The number of imidazole rings is 1. The second-order valence-corrected chi connectivity index (χ2v) is 8.44. The number of likely N-dealkylation sites (N-methyl/N-ethyl adjacent to an activating group) is 1. The molecule has 0 spiro atoms. The van der Waals surface area contributed by atoms with Gasteiger partial charge in [0.2, 0.25) is 5.95 Å². The average molecular weight is 501 g/mol. The van der Waals surface area contributed by atoms with Crippen molar-refractivity contribution in [2.75, 3.05) is 25.0 Å². The highest BCUT2D eigenvalue weighted by Crippen LogP contribution is 2.32. The van der Waals surface area contributed by atoms with Gasteiger partial charge in [-0.2, -0.15) is 5.10 Å². The van der Waals surface area contributed by atoms with Crippen molar-refractivity contribution in [3.8, 4) is 5.75 Å². The molecule has 0 fully saturated rings. The summed E-state index contributed by atoms with van der Waals surface area (Å²) in [6.45, 7) is 7.81. The van der Waals surface area contributed by atoms with Crippen molar-refractivity contribution in [1.29, 1.82) is 0 Å². The van der Waals surface area contributed by atoms with Crippen LogP contribution in [0, 0.1) is 0 Å². The van der Waals surface area contributed by atoms with Crippen LogP contribution in [0.2, 0.25) is 10.0 Å². The summed E-state index contributed by atoms with van der Waals surface area (Å²) in [7, 11) is 0. The van der Waals surface area contributed by atoms with Gasteiger partial charge in [-0.25, -0.2) is 9.67 Å². The number of amides is 1. The Hall–Kier alpha value is -3.07. The molecule has 10 heteroatoms. The number of fused-ring (bicyclic) bond motifs is 1. The van der Waals surface area contributed by atoms with Crippen molar-refractivity contribution in [3.63, 3.8) is 0 Å². The van der Waals surface area contributed by atoms with Crippen molar-refractivity contribution in [3.05, 3.63) is 70.5 Å². The van der Waals surface area contributed by atoms with E-state index in [-0.39, 0.29) is 18.3 Å². The summed E-state index contributed by atoms with van der Waals surface area (Å²) >= 11 is 12.3. The molecule has 1 amide bonds. The number of hydrogen-bond acceptors (Lipinski definition) is 5. The van der Waals surface area contributed by atoms with Gasteiger partial charge in [0, 0.05) is 19.3 Å². The molecule has 4 aromatic rings. The van der Waals surface area contributed by atoms with Gasteiger partial charge in [-0.1, -0.05) is 55.2 Å². The molecule has 0 radical (unpaired) electrons. The van der Waals surface area contributed by atoms with Crippen LogP contribution in [0.4, 0.5) is 5.95 Å². The first-order valence-electron chi connectivity index (χ1n) is 11.1. The SMILES string of the molecule is CCN(CC)CCn1c(NC(=O)c2ccn(COc3c(Cl)cccc3Cl)n2)nc2ccccc21. The molecule has 0 saturated carbocycles. The predicted molar refractivity (Wildman–Crippen MR) is 135 cm³/mol. The minimum Gasteiger partial charge on any atom is -0.468 e. The molecule has 178 valence electrons. The van der Waals surface area contributed by atoms with Crippen LogP contribution in [0.5, 0.6) is 5.75 Å². The monoisotopic (exact) mass is 500 g/mol. The number of ether oxygens (including phenoxy) is 1. The molecule has 0 saturated heterocycles. The van der Waals surface area contributed by atoms with Gasteiger partial charge in [-0.3, -0.25) is 10.1 Å². The third kappa shape index (κ3) is 5.35. The van der Waals surface area contributed by atoms with E-state index >= 15 is 0 Å². The summed E-state index contributed by atoms with van der Waals surface area (Å²) in [6.07, 6.45) is 1.66. The smallest absolute Gasteiger partial charge is 0.278 e. The Bertz CT molecular complexity index is 1260. The maximum atomic E-state index is 13.0. The highest BCUT2D eigenvalue weighted by atomic mass is 35.5. The zero-order valence-electron chi connectivity index (χ0n) is 19.0. The highest BCUT2D eigenvalue weighted by Gasteiger charge is 2.17. The first-order valence-corrected chi connectivity index (χ1v) is 11.8. The van der Waals surface area contributed by atoms with E-state index in [0.717, 1.165) is 30.7 Å². The van der Waals surface area contributed by atoms with E-state index in [0.29, 0.717) is 28.3 Å². The van der Waals surface area contributed by atoms with Crippen LogP contribution in [0.1, 0.15) is 24.3 Å². The normalized spacial score (nSPS) is 11.3. The average Bonchev–Trinajstić information content (AvgIpc) is 3.44. The first kappa shape index (κ1) is 24.1. The molecule has 0 aliphatic heterocycles. The maximum Gasteiger partial charge on any atom is 0.278 e. The first-order chi connectivity index (χ1) is 16.5.